The second-order valence-electron chi connectivity index (χ2n) is 7.75. The highest BCUT2D eigenvalue weighted by Gasteiger charge is 2.07. The second kappa shape index (κ2) is 11.5. The molecule has 0 aliphatic heterocycles. The van der Waals surface area contributed by atoms with Crippen LogP contribution in [0, 0.1) is 0 Å². The lowest BCUT2D eigenvalue weighted by atomic mass is 10.1. The molecule has 0 N–H and O–H groups in total. The third-order valence-electron chi connectivity index (χ3n) is 5.21. The SMILES string of the molecule is COc1cc(OCc2ccccn2)ccc1C=CC(=O)CC(=O)C=Cc1ccc2cccnc2c1. The van der Waals surface area contributed by atoms with Gasteiger partial charge in [0.1, 0.15) is 18.1 Å². The molecule has 0 fully saturated rings. The standard InChI is InChI=1S/C29H24N2O4/c1-34-29-19-27(35-20-24-6-2-3-15-30-24)14-11-23(29)10-13-26(33)18-25(32)12-8-21-7-9-22-5-4-16-31-28(22)17-21/h2-17,19H,18,20H2,1H3. The van der Waals surface area contributed by atoms with Gasteiger partial charge in [-0.15, -0.1) is 0 Å². The Morgan fingerprint density at radius 1 is 0.857 bits per heavy atom. The van der Waals surface area contributed by atoms with Crippen LogP contribution in [0.25, 0.3) is 23.1 Å². The summed E-state index contributed by atoms with van der Waals surface area (Å²) >= 11 is 0. The number of hydrogen-bond donors (Lipinski definition) is 0. The normalized spacial score (nSPS) is 11.2. The molecule has 0 amide bonds. The van der Waals surface area contributed by atoms with Gasteiger partial charge < -0.3 is 9.47 Å². The molecule has 4 aromatic rings. The fourth-order valence-corrected chi connectivity index (χ4v) is 3.41. The van der Waals surface area contributed by atoms with Gasteiger partial charge in [-0.05, 0) is 60.2 Å². The molecule has 4 rings (SSSR count). The van der Waals surface area contributed by atoms with Crippen LogP contribution in [0.4, 0.5) is 0 Å². The predicted octanol–water partition coefficient (Wildman–Crippen LogP) is 5.47. The van der Waals surface area contributed by atoms with Crippen molar-refractivity contribution in [3.05, 3.63) is 108 Å². The minimum Gasteiger partial charge on any atom is -0.496 e. The zero-order valence-electron chi connectivity index (χ0n) is 19.3. The van der Waals surface area contributed by atoms with Gasteiger partial charge in [-0.2, -0.15) is 0 Å². The molecule has 35 heavy (non-hydrogen) atoms. The van der Waals surface area contributed by atoms with Crippen molar-refractivity contribution < 1.29 is 19.1 Å². The van der Waals surface area contributed by atoms with Gasteiger partial charge in [0, 0.05) is 29.4 Å². The van der Waals surface area contributed by atoms with E-state index in [1.54, 1.807) is 49.9 Å². The third kappa shape index (κ3) is 6.71. The lowest BCUT2D eigenvalue weighted by Gasteiger charge is -2.09. The second-order valence-corrected chi connectivity index (χ2v) is 7.75. The van der Waals surface area contributed by atoms with Gasteiger partial charge in [-0.1, -0.05) is 30.3 Å². The molecule has 6 heteroatoms. The zero-order valence-corrected chi connectivity index (χ0v) is 19.3. The number of rotatable bonds is 10. The number of ketones is 2. The van der Waals surface area contributed by atoms with E-state index in [0.29, 0.717) is 23.7 Å². The molecular weight excluding hydrogens is 440 g/mol. The highest BCUT2D eigenvalue weighted by molar-refractivity contribution is 6.11. The van der Waals surface area contributed by atoms with E-state index < -0.39 is 0 Å². The Labute approximate surface area is 203 Å². The lowest BCUT2D eigenvalue weighted by molar-refractivity contribution is -0.121. The fraction of sp³-hybridized carbons (Fsp3) is 0.103. The highest BCUT2D eigenvalue weighted by atomic mass is 16.5. The summed E-state index contributed by atoms with van der Waals surface area (Å²) in [5, 5.41) is 1.03. The lowest BCUT2D eigenvalue weighted by Crippen LogP contribution is -2.02. The van der Waals surface area contributed by atoms with Gasteiger partial charge in [0.05, 0.1) is 24.7 Å². The molecule has 0 saturated heterocycles. The molecule has 174 valence electrons. The molecule has 0 unspecified atom stereocenters. The molecule has 0 radical (unpaired) electrons. The summed E-state index contributed by atoms with van der Waals surface area (Å²) in [7, 11) is 1.55. The molecule has 0 aliphatic rings. The summed E-state index contributed by atoms with van der Waals surface area (Å²) in [5.41, 5.74) is 3.22. The van der Waals surface area contributed by atoms with Crippen molar-refractivity contribution in [3.8, 4) is 11.5 Å². The minimum atomic E-state index is -0.294. The van der Waals surface area contributed by atoms with Gasteiger partial charge in [-0.25, -0.2) is 0 Å². The maximum atomic E-state index is 12.3. The van der Waals surface area contributed by atoms with Crippen molar-refractivity contribution >= 4 is 34.6 Å². The van der Waals surface area contributed by atoms with Gasteiger partial charge >= 0.3 is 0 Å². The van der Waals surface area contributed by atoms with Crippen molar-refractivity contribution in [1.29, 1.82) is 0 Å². The Bertz CT molecular complexity index is 1390. The number of fused-ring (bicyclic) bond motifs is 1. The van der Waals surface area contributed by atoms with Crippen LogP contribution in [0.2, 0.25) is 0 Å². The summed E-state index contributed by atoms with van der Waals surface area (Å²) < 4.78 is 11.2. The monoisotopic (exact) mass is 464 g/mol. The van der Waals surface area contributed by atoms with Crippen molar-refractivity contribution in [2.75, 3.05) is 7.11 Å². The molecule has 0 saturated carbocycles. The summed E-state index contributed by atoms with van der Waals surface area (Å²) in [6.07, 6.45) is 9.36. The molecule has 6 nitrogen and oxygen atoms in total. The number of carbonyl (C=O) groups excluding carboxylic acids is 2. The Morgan fingerprint density at radius 3 is 2.49 bits per heavy atom. The number of carbonyl (C=O) groups is 2. The Hall–Kier alpha value is -4.58. The number of ether oxygens (including phenoxy) is 2. The fourth-order valence-electron chi connectivity index (χ4n) is 3.41. The van der Waals surface area contributed by atoms with Crippen LogP contribution < -0.4 is 9.47 Å². The van der Waals surface area contributed by atoms with E-state index in [0.717, 1.165) is 22.2 Å². The van der Waals surface area contributed by atoms with Crippen LogP contribution in [0.15, 0.2) is 91.3 Å². The van der Waals surface area contributed by atoms with E-state index in [4.69, 9.17) is 9.47 Å². The van der Waals surface area contributed by atoms with Crippen molar-refractivity contribution in [1.82, 2.24) is 9.97 Å². The van der Waals surface area contributed by atoms with Crippen LogP contribution in [-0.4, -0.2) is 28.6 Å². The highest BCUT2D eigenvalue weighted by Crippen LogP contribution is 2.26. The van der Waals surface area contributed by atoms with E-state index in [1.165, 1.54) is 12.2 Å². The summed E-state index contributed by atoms with van der Waals surface area (Å²) in [6, 6.07) is 20.6. The number of benzene rings is 2. The van der Waals surface area contributed by atoms with E-state index in [1.807, 2.05) is 48.5 Å². The van der Waals surface area contributed by atoms with Crippen molar-refractivity contribution in [2.24, 2.45) is 0 Å². The number of hydrogen-bond acceptors (Lipinski definition) is 6. The minimum absolute atomic E-state index is 0.216. The van der Waals surface area contributed by atoms with Gasteiger partial charge in [-0.3, -0.25) is 19.6 Å². The Kier molecular flexibility index (Phi) is 7.76. The summed E-state index contributed by atoms with van der Waals surface area (Å²) in [6.45, 7) is 0.336. The Balaban J connectivity index is 1.33. The maximum Gasteiger partial charge on any atom is 0.163 e. The van der Waals surface area contributed by atoms with Gasteiger partial charge in [0.2, 0.25) is 0 Å². The van der Waals surface area contributed by atoms with Gasteiger partial charge in [0.25, 0.3) is 0 Å². The van der Waals surface area contributed by atoms with Crippen LogP contribution in [-0.2, 0) is 16.2 Å². The average molecular weight is 465 g/mol. The number of allylic oxidation sites excluding steroid dienone is 2. The largest absolute Gasteiger partial charge is 0.496 e. The van der Waals surface area contributed by atoms with Crippen molar-refractivity contribution in [3.63, 3.8) is 0 Å². The maximum absolute atomic E-state index is 12.3. The third-order valence-corrected chi connectivity index (χ3v) is 5.21. The quantitative estimate of drug-likeness (QED) is 0.229. The number of methoxy groups -OCH3 is 1. The topological polar surface area (TPSA) is 78.4 Å². The van der Waals surface area contributed by atoms with Crippen LogP contribution >= 0.6 is 0 Å². The molecule has 2 aromatic heterocycles. The summed E-state index contributed by atoms with van der Waals surface area (Å²) in [5.74, 6) is 0.618. The first kappa shape index (κ1) is 23.6. The molecule has 2 aromatic carbocycles. The Morgan fingerprint density at radius 2 is 1.69 bits per heavy atom. The van der Waals surface area contributed by atoms with E-state index in [9.17, 15) is 9.59 Å². The van der Waals surface area contributed by atoms with Crippen LogP contribution in [0.1, 0.15) is 23.2 Å². The van der Waals surface area contributed by atoms with Crippen LogP contribution in [0.3, 0.4) is 0 Å². The molecule has 0 atom stereocenters. The smallest absolute Gasteiger partial charge is 0.163 e. The van der Waals surface area contributed by atoms with Crippen LogP contribution in [0.5, 0.6) is 11.5 Å². The molecule has 0 aliphatic carbocycles. The van der Waals surface area contributed by atoms with E-state index >= 15 is 0 Å². The van der Waals surface area contributed by atoms with Gasteiger partial charge in [0.15, 0.2) is 11.6 Å². The first-order valence-electron chi connectivity index (χ1n) is 11.1. The molecule has 2 heterocycles. The number of pyridine rings is 2. The van der Waals surface area contributed by atoms with Crippen molar-refractivity contribution in [2.45, 2.75) is 13.0 Å². The molecule has 0 spiro atoms. The summed E-state index contributed by atoms with van der Waals surface area (Å²) in [4.78, 5) is 33.1. The molecular formula is C29H24N2O4. The zero-order chi connectivity index (χ0) is 24.5. The first-order valence-corrected chi connectivity index (χ1v) is 11.1. The molecule has 0 bridgehead atoms. The average Bonchev–Trinajstić information content (AvgIpc) is 2.90. The van der Waals surface area contributed by atoms with E-state index in [2.05, 4.69) is 9.97 Å². The first-order chi connectivity index (χ1) is 17.1. The number of aromatic nitrogens is 2. The van der Waals surface area contributed by atoms with E-state index in [-0.39, 0.29) is 18.0 Å². The number of nitrogens with zero attached hydrogens (tertiary/aromatic N) is 2. The predicted molar refractivity (Wildman–Crippen MR) is 136 cm³/mol.